The Morgan fingerprint density at radius 1 is 1.00 bits per heavy atom. The number of phenolic OH excluding ortho intramolecular Hbond substituents is 1. The number of ether oxygens (including phenoxy) is 2. The SMILES string of the molecule is O=S(=O)(c1ccccc1)c1cc(OCc2ccccc2)c(O)cc1C1=N[C@@H]2CCC[C@@H]2O1. The van der Waals surface area contributed by atoms with E-state index in [0.29, 0.717) is 0 Å². The van der Waals surface area contributed by atoms with Crippen molar-refractivity contribution in [2.24, 2.45) is 4.99 Å². The summed E-state index contributed by atoms with van der Waals surface area (Å²) in [6.07, 6.45) is 2.81. The van der Waals surface area contributed by atoms with Crippen molar-refractivity contribution in [3.63, 3.8) is 0 Å². The zero-order valence-corrected chi connectivity index (χ0v) is 18.2. The molecule has 5 rings (SSSR count). The molecule has 2 atom stereocenters. The van der Waals surface area contributed by atoms with Gasteiger partial charge in [0.05, 0.1) is 21.4 Å². The van der Waals surface area contributed by atoms with Gasteiger partial charge < -0.3 is 14.6 Å². The van der Waals surface area contributed by atoms with Crippen LogP contribution in [0.5, 0.6) is 11.5 Å². The predicted octanol–water partition coefficient (Wildman–Crippen LogP) is 4.50. The van der Waals surface area contributed by atoms with Crippen molar-refractivity contribution in [1.29, 1.82) is 0 Å². The first-order valence-corrected chi connectivity index (χ1v) is 12.1. The lowest BCUT2D eigenvalue weighted by atomic mass is 10.2. The van der Waals surface area contributed by atoms with Crippen LogP contribution in [0.25, 0.3) is 0 Å². The zero-order chi connectivity index (χ0) is 22.1. The fourth-order valence-electron chi connectivity index (χ4n) is 4.17. The van der Waals surface area contributed by atoms with Gasteiger partial charge in [0.15, 0.2) is 11.5 Å². The Labute approximate surface area is 187 Å². The van der Waals surface area contributed by atoms with Gasteiger partial charge in [-0.1, -0.05) is 48.5 Å². The third kappa shape index (κ3) is 3.84. The normalized spacial score (nSPS) is 19.8. The molecule has 1 heterocycles. The van der Waals surface area contributed by atoms with E-state index >= 15 is 0 Å². The summed E-state index contributed by atoms with van der Waals surface area (Å²) in [6.45, 7) is 0.195. The first kappa shape index (κ1) is 20.6. The van der Waals surface area contributed by atoms with Crippen molar-refractivity contribution >= 4 is 15.7 Å². The van der Waals surface area contributed by atoms with Gasteiger partial charge in [-0.15, -0.1) is 0 Å². The molecule has 6 nitrogen and oxygen atoms in total. The number of phenols is 1. The summed E-state index contributed by atoms with van der Waals surface area (Å²) >= 11 is 0. The van der Waals surface area contributed by atoms with Crippen LogP contribution in [0.3, 0.4) is 0 Å². The molecule has 164 valence electrons. The van der Waals surface area contributed by atoms with E-state index in [1.54, 1.807) is 30.3 Å². The Kier molecular flexibility index (Phi) is 5.35. The minimum Gasteiger partial charge on any atom is -0.504 e. The van der Waals surface area contributed by atoms with Crippen molar-refractivity contribution in [3.8, 4) is 11.5 Å². The maximum atomic E-state index is 13.5. The average Bonchev–Trinajstić information content (AvgIpc) is 3.42. The standard InChI is InChI=1S/C25H23NO5S/c27-21-14-19(25-26-20-12-7-13-22(20)31-25)24(32(28,29)18-10-5-2-6-11-18)15-23(21)30-16-17-8-3-1-4-9-17/h1-6,8-11,14-15,20,22,27H,7,12-13,16H2/t20-,22+/m1/s1. The predicted molar refractivity (Wildman–Crippen MR) is 120 cm³/mol. The van der Waals surface area contributed by atoms with Gasteiger partial charge in [0, 0.05) is 6.07 Å². The second-order valence-electron chi connectivity index (χ2n) is 8.00. The molecule has 2 aliphatic rings. The monoisotopic (exact) mass is 449 g/mol. The number of benzene rings is 3. The largest absolute Gasteiger partial charge is 0.504 e. The van der Waals surface area contributed by atoms with Crippen LogP contribution in [-0.4, -0.2) is 31.6 Å². The molecule has 1 saturated carbocycles. The van der Waals surface area contributed by atoms with Gasteiger partial charge in [-0.05, 0) is 43.0 Å². The minimum atomic E-state index is -3.90. The van der Waals surface area contributed by atoms with E-state index in [9.17, 15) is 13.5 Å². The fourth-order valence-corrected chi connectivity index (χ4v) is 5.63. The van der Waals surface area contributed by atoms with Crippen molar-refractivity contribution in [2.75, 3.05) is 0 Å². The van der Waals surface area contributed by atoms with Crippen LogP contribution in [-0.2, 0) is 21.2 Å². The Morgan fingerprint density at radius 3 is 2.44 bits per heavy atom. The lowest BCUT2D eigenvalue weighted by molar-refractivity contribution is 0.211. The average molecular weight is 450 g/mol. The van der Waals surface area contributed by atoms with Crippen LogP contribution in [0.4, 0.5) is 0 Å². The molecule has 7 heteroatoms. The molecular formula is C25H23NO5S. The lowest BCUT2D eigenvalue weighted by Crippen LogP contribution is -2.16. The van der Waals surface area contributed by atoms with Gasteiger partial charge in [0.2, 0.25) is 15.7 Å². The highest BCUT2D eigenvalue weighted by Gasteiger charge is 2.38. The quantitative estimate of drug-likeness (QED) is 0.599. The molecular weight excluding hydrogens is 426 g/mol. The Morgan fingerprint density at radius 2 is 1.72 bits per heavy atom. The number of sulfone groups is 1. The topological polar surface area (TPSA) is 85.2 Å². The van der Waals surface area contributed by atoms with E-state index in [4.69, 9.17) is 9.47 Å². The van der Waals surface area contributed by atoms with Gasteiger partial charge in [-0.3, -0.25) is 0 Å². The van der Waals surface area contributed by atoms with E-state index in [0.717, 1.165) is 24.8 Å². The van der Waals surface area contributed by atoms with Gasteiger partial charge in [-0.2, -0.15) is 0 Å². The molecule has 3 aromatic carbocycles. The van der Waals surface area contributed by atoms with Crippen LogP contribution in [0.1, 0.15) is 30.4 Å². The molecule has 0 radical (unpaired) electrons. The molecule has 1 fully saturated rings. The van der Waals surface area contributed by atoms with E-state index in [2.05, 4.69) is 4.99 Å². The second kappa shape index (κ2) is 8.31. The highest BCUT2D eigenvalue weighted by molar-refractivity contribution is 7.91. The second-order valence-corrected chi connectivity index (χ2v) is 9.91. The number of nitrogens with zero attached hydrogens (tertiary/aromatic N) is 1. The van der Waals surface area contributed by atoms with Crippen LogP contribution in [0.15, 0.2) is 87.6 Å². The summed E-state index contributed by atoms with van der Waals surface area (Å²) < 4.78 is 38.9. The maximum Gasteiger partial charge on any atom is 0.218 e. The van der Waals surface area contributed by atoms with Gasteiger partial charge in [0.1, 0.15) is 12.7 Å². The molecule has 1 aliphatic heterocycles. The number of rotatable bonds is 6. The maximum absolute atomic E-state index is 13.5. The number of fused-ring (bicyclic) bond motifs is 1. The van der Waals surface area contributed by atoms with Crippen molar-refractivity contribution < 1.29 is 23.0 Å². The van der Waals surface area contributed by atoms with E-state index < -0.39 is 9.84 Å². The molecule has 0 unspecified atom stereocenters. The summed E-state index contributed by atoms with van der Waals surface area (Å²) in [5, 5.41) is 10.7. The van der Waals surface area contributed by atoms with Gasteiger partial charge in [0.25, 0.3) is 0 Å². The lowest BCUT2D eigenvalue weighted by Gasteiger charge is -2.16. The van der Waals surface area contributed by atoms with Crippen LogP contribution in [0, 0.1) is 0 Å². The Bertz CT molecular complexity index is 1260. The van der Waals surface area contributed by atoms with E-state index in [1.807, 2.05) is 30.3 Å². The first-order chi connectivity index (χ1) is 15.5. The third-order valence-electron chi connectivity index (χ3n) is 5.84. The van der Waals surface area contributed by atoms with Gasteiger partial charge >= 0.3 is 0 Å². The molecule has 0 spiro atoms. The van der Waals surface area contributed by atoms with E-state index in [-0.39, 0.29) is 51.5 Å². The smallest absolute Gasteiger partial charge is 0.218 e. The summed E-state index contributed by atoms with van der Waals surface area (Å²) in [4.78, 5) is 4.79. The van der Waals surface area contributed by atoms with Crippen LogP contribution < -0.4 is 4.74 Å². The summed E-state index contributed by atoms with van der Waals surface area (Å²) in [5.74, 6) is 0.191. The van der Waals surface area contributed by atoms with Crippen molar-refractivity contribution in [3.05, 3.63) is 83.9 Å². The number of aromatic hydroxyl groups is 1. The van der Waals surface area contributed by atoms with E-state index in [1.165, 1.54) is 12.1 Å². The molecule has 1 aliphatic carbocycles. The molecule has 3 aromatic rings. The molecule has 0 amide bonds. The highest BCUT2D eigenvalue weighted by atomic mass is 32.2. The summed E-state index contributed by atoms with van der Waals surface area (Å²) in [5.41, 5.74) is 1.16. The fraction of sp³-hybridized carbons (Fsp3) is 0.240. The van der Waals surface area contributed by atoms with Crippen LogP contribution in [0.2, 0.25) is 0 Å². The van der Waals surface area contributed by atoms with Crippen LogP contribution >= 0.6 is 0 Å². The molecule has 1 N–H and O–H groups in total. The Hall–Kier alpha value is -3.32. The molecule has 0 aromatic heterocycles. The number of aliphatic imine (C=N–C) groups is 1. The Balaban J connectivity index is 1.58. The molecule has 0 saturated heterocycles. The van der Waals surface area contributed by atoms with Crippen molar-refractivity contribution in [2.45, 2.75) is 47.8 Å². The minimum absolute atomic E-state index is 0.00304. The third-order valence-corrected chi connectivity index (χ3v) is 7.65. The van der Waals surface area contributed by atoms with Crippen molar-refractivity contribution in [1.82, 2.24) is 0 Å². The first-order valence-electron chi connectivity index (χ1n) is 10.6. The zero-order valence-electron chi connectivity index (χ0n) is 17.3. The summed E-state index contributed by atoms with van der Waals surface area (Å²) in [7, 11) is -3.90. The number of hydrogen-bond donors (Lipinski definition) is 1. The molecule has 0 bridgehead atoms. The van der Waals surface area contributed by atoms with Gasteiger partial charge in [-0.25, -0.2) is 13.4 Å². The summed E-state index contributed by atoms with van der Waals surface area (Å²) in [6, 6.07) is 20.5. The molecule has 32 heavy (non-hydrogen) atoms. The number of hydrogen-bond acceptors (Lipinski definition) is 6. The highest BCUT2D eigenvalue weighted by Crippen LogP contribution is 2.38.